The van der Waals surface area contributed by atoms with Crippen molar-refractivity contribution < 1.29 is 13.5 Å². The average Bonchev–Trinajstić information content (AvgIpc) is 3.49. The van der Waals surface area contributed by atoms with Crippen LogP contribution in [0.2, 0.25) is 0 Å². The number of methoxy groups -OCH3 is 1. The number of thioether (sulfide) groups is 1. The molecule has 2 N–H and O–H groups in total. The van der Waals surface area contributed by atoms with Gasteiger partial charge >= 0.3 is 0 Å². The minimum atomic E-state index is -0.645. The third-order valence-corrected chi connectivity index (χ3v) is 7.50. The van der Waals surface area contributed by atoms with Gasteiger partial charge in [-0.25, -0.2) is 13.8 Å². The number of amidine groups is 1. The Morgan fingerprint density at radius 2 is 1.95 bits per heavy atom. The molecule has 8 nitrogen and oxygen atoms in total. The van der Waals surface area contributed by atoms with Gasteiger partial charge in [0.2, 0.25) is 5.88 Å². The quantitative estimate of drug-likeness (QED) is 0.127. The summed E-state index contributed by atoms with van der Waals surface area (Å²) in [5, 5.41) is 14.9. The number of aliphatic imine (C=N–C) groups is 1. The second kappa shape index (κ2) is 12.1. The van der Waals surface area contributed by atoms with E-state index in [4.69, 9.17) is 9.73 Å². The number of hydrogen-bond acceptors (Lipinski definition) is 6. The van der Waals surface area contributed by atoms with Gasteiger partial charge in [0.1, 0.15) is 23.2 Å². The lowest BCUT2D eigenvalue weighted by molar-refractivity contribution is 0.397. The fourth-order valence-corrected chi connectivity index (χ4v) is 4.82. The van der Waals surface area contributed by atoms with Gasteiger partial charge in [-0.15, -0.1) is 16.9 Å². The van der Waals surface area contributed by atoms with E-state index in [9.17, 15) is 0 Å². The summed E-state index contributed by atoms with van der Waals surface area (Å²) in [5.74, 6) is 0.971. The number of benzene rings is 1. The van der Waals surface area contributed by atoms with Crippen molar-refractivity contribution in [1.82, 2.24) is 20.0 Å². The molecule has 0 bridgehead atoms. The molecule has 2 aromatic heterocycles. The van der Waals surface area contributed by atoms with Gasteiger partial charge in [-0.2, -0.15) is 5.10 Å². The van der Waals surface area contributed by atoms with E-state index >= 15 is 8.78 Å². The molecule has 1 fully saturated rings. The topological polar surface area (TPSA) is 83.4 Å². The third kappa shape index (κ3) is 6.35. The van der Waals surface area contributed by atoms with Crippen molar-refractivity contribution in [2.45, 2.75) is 44.9 Å². The Bertz CT molecular complexity index is 1410. The van der Waals surface area contributed by atoms with Crippen molar-refractivity contribution in [3.05, 3.63) is 64.8 Å². The van der Waals surface area contributed by atoms with Gasteiger partial charge in [0.15, 0.2) is 11.6 Å². The van der Waals surface area contributed by atoms with Crippen molar-refractivity contribution in [3.63, 3.8) is 0 Å². The van der Waals surface area contributed by atoms with Crippen LogP contribution < -0.4 is 15.0 Å². The highest BCUT2D eigenvalue weighted by Gasteiger charge is 2.33. The zero-order valence-corrected chi connectivity index (χ0v) is 24.2. The smallest absolute Gasteiger partial charge is 0.234 e. The highest BCUT2D eigenvalue weighted by Crippen LogP contribution is 2.46. The Kier molecular flexibility index (Phi) is 8.79. The normalized spacial score (nSPS) is 15.2. The number of aromatic amines is 1. The number of rotatable bonds is 10. The maximum absolute atomic E-state index is 15.0. The van der Waals surface area contributed by atoms with Gasteiger partial charge in [0.25, 0.3) is 0 Å². The van der Waals surface area contributed by atoms with Crippen molar-refractivity contribution in [3.8, 4) is 5.88 Å². The molecule has 11 heteroatoms. The fourth-order valence-electron chi connectivity index (χ4n) is 4.38. The molecule has 0 spiro atoms. The lowest BCUT2D eigenvalue weighted by atomic mass is 9.91. The number of aryl methyl sites for hydroxylation is 1. The van der Waals surface area contributed by atoms with Crippen LogP contribution in [0.4, 0.5) is 20.3 Å². The van der Waals surface area contributed by atoms with Crippen LogP contribution in [0.25, 0.3) is 5.57 Å². The SMILES string of the molecule is CC/C(C)=C(/C(=C(\N=C(/C)N(C)c1c(F)cc(SC)cc1F)Nc1cc(OC)n[nH]1)C1CC1)c1cnn(C)c1. The fraction of sp³-hybridized carbons (Fsp3) is 0.393. The zero-order chi connectivity index (χ0) is 28.3. The molecule has 208 valence electrons. The predicted octanol–water partition coefficient (Wildman–Crippen LogP) is 6.62. The van der Waals surface area contributed by atoms with Crippen LogP contribution in [0.15, 0.2) is 57.4 Å². The van der Waals surface area contributed by atoms with Crippen LogP contribution in [-0.2, 0) is 7.05 Å². The second-order valence-electron chi connectivity index (χ2n) is 9.55. The number of allylic oxidation sites excluding steroid dienone is 3. The van der Waals surface area contributed by atoms with Crippen LogP contribution in [0.5, 0.6) is 5.88 Å². The highest BCUT2D eigenvalue weighted by atomic mass is 32.2. The lowest BCUT2D eigenvalue weighted by Crippen LogP contribution is -2.26. The van der Waals surface area contributed by atoms with E-state index in [1.54, 1.807) is 38.1 Å². The van der Waals surface area contributed by atoms with Crippen LogP contribution in [0.1, 0.15) is 45.6 Å². The minimum Gasteiger partial charge on any atom is -0.480 e. The molecule has 4 rings (SSSR count). The Morgan fingerprint density at radius 1 is 1.26 bits per heavy atom. The van der Waals surface area contributed by atoms with Crippen molar-refractivity contribution >= 4 is 34.7 Å². The van der Waals surface area contributed by atoms with E-state index in [2.05, 4.69) is 34.5 Å². The molecule has 0 amide bonds. The van der Waals surface area contributed by atoms with Crippen LogP contribution in [0, 0.1) is 17.6 Å². The molecule has 1 aliphatic rings. The zero-order valence-electron chi connectivity index (χ0n) is 23.4. The first-order valence-corrected chi connectivity index (χ1v) is 14.0. The molecule has 0 saturated heterocycles. The summed E-state index contributed by atoms with van der Waals surface area (Å²) in [6.07, 6.45) is 8.49. The van der Waals surface area contributed by atoms with Crippen LogP contribution >= 0.6 is 11.8 Å². The van der Waals surface area contributed by atoms with E-state index in [1.807, 2.05) is 19.4 Å². The maximum Gasteiger partial charge on any atom is 0.234 e. The first kappa shape index (κ1) is 28.4. The molecule has 0 radical (unpaired) electrons. The van der Waals surface area contributed by atoms with Gasteiger partial charge in [-0.3, -0.25) is 9.78 Å². The van der Waals surface area contributed by atoms with E-state index in [0.717, 1.165) is 36.0 Å². The van der Waals surface area contributed by atoms with Gasteiger partial charge < -0.3 is 15.0 Å². The van der Waals surface area contributed by atoms with E-state index < -0.39 is 11.6 Å². The second-order valence-corrected chi connectivity index (χ2v) is 10.4. The monoisotopic (exact) mass is 555 g/mol. The number of nitrogens with zero attached hydrogens (tertiary/aromatic N) is 5. The molecular weight excluding hydrogens is 520 g/mol. The average molecular weight is 556 g/mol. The van der Waals surface area contributed by atoms with E-state index in [1.165, 1.54) is 34.4 Å². The summed E-state index contributed by atoms with van der Waals surface area (Å²) < 4.78 is 37.1. The lowest BCUT2D eigenvalue weighted by Gasteiger charge is -2.23. The number of hydrogen-bond donors (Lipinski definition) is 2. The molecule has 0 aliphatic heterocycles. The number of anilines is 2. The summed E-state index contributed by atoms with van der Waals surface area (Å²) in [6, 6.07) is 4.41. The Morgan fingerprint density at radius 3 is 2.46 bits per heavy atom. The van der Waals surface area contributed by atoms with E-state index in [0.29, 0.717) is 28.2 Å². The number of H-pyrrole nitrogens is 1. The highest BCUT2D eigenvalue weighted by molar-refractivity contribution is 7.98. The van der Waals surface area contributed by atoms with Gasteiger partial charge in [0.05, 0.1) is 13.3 Å². The Hall–Kier alpha value is -3.60. The molecular formula is C28H35F2N7OS. The van der Waals surface area contributed by atoms with Crippen molar-refractivity contribution in [2.24, 2.45) is 18.0 Å². The molecule has 1 aromatic carbocycles. The maximum atomic E-state index is 15.0. The number of halogens is 2. The third-order valence-electron chi connectivity index (χ3n) is 6.80. The van der Waals surface area contributed by atoms with Crippen LogP contribution in [0.3, 0.4) is 0 Å². The summed E-state index contributed by atoms with van der Waals surface area (Å²) in [5.41, 5.74) is 4.13. The molecule has 3 aromatic rings. The number of ether oxygens (including phenoxy) is 1. The van der Waals surface area contributed by atoms with E-state index in [-0.39, 0.29) is 11.6 Å². The first-order chi connectivity index (χ1) is 18.7. The predicted molar refractivity (Wildman–Crippen MR) is 154 cm³/mol. The number of nitrogens with one attached hydrogen (secondary N) is 2. The van der Waals surface area contributed by atoms with Crippen molar-refractivity contribution in [2.75, 3.05) is 30.6 Å². The van der Waals surface area contributed by atoms with Gasteiger partial charge in [-0.05, 0) is 63.0 Å². The van der Waals surface area contributed by atoms with Crippen LogP contribution in [-0.4, -0.2) is 46.2 Å². The summed E-state index contributed by atoms with van der Waals surface area (Å²) >= 11 is 1.29. The summed E-state index contributed by atoms with van der Waals surface area (Å²) in [6.45, 7) is 5.97. The van der Waals surface area contributed by atoms with Gasteiger partial charge in [0, 0.05) is 42.4 Å². The first-order valence-electron chi connectivity index (χ1n) is 12.8. The number of aromatic nitrogens is 4. The molecule has 1 aliphatic carbocycles. The standard InChI is InChI=1S/C28H35F2N7OS/c1-8-16(2)25(19-14-31-36(4)15-19)26(18-9-10-18)28(33-23-13-24(38-6)35-34-23)32-17(3)37(5)27-21(29)11-20(39-7)12-22(27)30/h11-15,18H,8-10H2,1-7H3,(H2,33,34,35)/b25-16+,28-26+,32-17+. The largest absolute Gasteiger partial charge is 0.480 e. The molecule has 0 unspecified atom stereocenters. The summed E-state index contributed by atoms with van der Waals surface area (Å²) in [7, 11) is 5.05. The molecule has 0 atom stereocenters. The summed E-state index contributed by atoms with van der Waals surface area (Å²) in [4.78, 5) is 6.92. The Labute approximate surface area is 232 Å². The Balaban J connectivity index is 1.90. The van der Waals surface area contributed by atoms with Gasteiger partial charge in [-0.1, -0.05) is 12.5 Å². The minimum absolute atomic E-state index is 0.155. The molecule has 39 heavy (non-hydrogen) atoms. The molecule has 2 heterocycles. The van der Waals surface area contributed by atoms with Crippen molar-refractivity contribution in [1.29, 1.82) is 0 Å². The molecule has 1 saturated carbocycles.